The molecule has 0 spiro atoms. The Hall–Kier alpha value is -2.94. The number of benzene rings is 1. The van der Waals surface area contributed by atoms with Crippen LogP contribution >= 0.6 is 11.6 Å². The maximum absolute atomic E-state index is 13.0. The van der Waals surface area contributed by atoms with Crippen molar-refractivity contribution >= 4 is 46.8 Å². The van der Waals surface area contributed by atoms with Gasteiger partial charge in [0.05, 0.1) is 12.1 Å². The van der Waals surface area contributed by atoms with Crippen molar-refractivity contribution in [1.29, 1.82) is 0 Å². The van der Waals surface area contributed by atoms with E-state index >= 15 is 0 Å². The Balaban J connectivity index is 0. The van der Waals surface area contributed by atoms with Gasteiger partial charge in [0.2, 0.25) is 11.7 Å². The highest BCUT2D eigenvalue weighted by Gasteiger charge is 2.29. The van der Waals surface area contributed by atoms with E-state index in [0.717, 1.165) is 18.1 Å². The molecule has 8 nitrogen and oxygen atoms in total. The molecule has 0 saturated heterocycles. The van der Waals surface area contributed by atoms with E-state index in [0.29, 0.717) is 22.8 Å². The van der Waals surface area contributed by atoms with Gasteiger partial charge in [0.1, 0.15) is 23.2 Å². The number of nitrogens with zero attached hydrogens (tertiary/aromatic N) is 3. The van der Waals surface area contributed by atoms with Crippen LogP contribution in [0.15, 0.2) is 22.2 Å². The van der Waals surface area contributed by atoms with Gasteiger partial charge in [0.25, 0.3) is 0 Å². The summed E-state index contributed by atoms with van der Waals surface area (Å²) < 4.78 is 18.0. The maximum atomic E-state index is 13.0. The average molecular weight is 486 g/mol. The third-order valence-corrected chi connectivity index (χ3v) is 4.43. The number of halogens is 2. The van der Waals surface area contributed by atoms with Crippen LogP contribution in [0, 0.1) is 11.7 Å². The van der Waals surface area contributed by atoms with Gasteiger partial charge in [-0.25, -0.2) is 9.40 Å². The molecule has 184 valence electrons. The number of carbonyl (C=O) groups excluding carboxylic acids is 4. The summed E-state index contributed by atoms with van der Waals surface area (Å²) in [5, 5.41) is 5.09. The molecule has 1 unspecified atom stereocenters. The molecule has 0 aromatic heterocycles. The van der Waals surface area contributed by atoms with Gasteiger partial charge in [-0.05, 0) is 18.6 Å². The lowest BCUT2D eigenvalue weighted by atomic mass is 9.95. The van der Waals surface area contributed by atoms with Crippen molar-refractivity contribution in [2.45, 2.75) is 48.0 Å². The fraction of sp³-hybridized carbons (Fsp3) is 0.478. The summed E-state index contributed by atoms with van der Waals surface area (Å²) in [5.41, 5.74) is 0.319. The lowest BCUT2D eigenvalue weighted by Gasteiger charge is -2.14. The number of rotatable bonds is 8. The summed E-state index contributed by atoms with van der Waals surface area (Å²) in [6.45, 7) is 9.42. The molecule has 33 heavy (non-hydrogen) atoms. The maximum Gasteiger partial charge on any atom is 0.239 e. The van der Waals surface area contributed by atoms with Crippen LogP contribution in [0.5, 0.6) is 5.75 Å². The monoisotopic (exact) mass is 485 g/mol. The van der Waals surface area contributed by atoms with Gasteiger partial charge >= 0.3 is 0 Å². The van der Waals surface area contributed by atoms with Gasteiger partial charge in [-0.3, -0.25) is 24.2 Å². The molecule has 0 saturated carbocycles. The molecule has 0 N–H and O–H groups in total. The molecule has 0 aliphatic carbocycles. The third-order valence-electron chi connectivity index (χ3n) is 4.02. The fourth-order valence-electron chi connectivity index (χ4n) is 2.27. The second-order valence-corrected chi connectivity index (χ2v) is 6.66. The standard InChI is InChI=1S/C12H17N3O4.C9H10ClFO.C2H6/c1-7(16)11(14-15(5)9(3)18)10(6-13-4)12(19)8(2)17;1-3-6-7(11)4-5-8(12-2)9(6)10;1-2/h6,10H,1-5H3;4-5H,3H2,1-2H3;1-2H3/b13-6?,14-11+;;. The summed E-state index contributed by atoms with van der Waals surface area (Å²) in [6, 6.07) is 2.89. The topological polar surface area (TPSA) is 105 Å². The van der Waals surface area contributed by atoms with Gasteiger partial charge < -0.3 is 4.74 Å². The molecule has 0 fully saturated rings. The number of aliphatic imine (C=N–C) groups is 1. The van der Waals surface area contributed by atoms with Crippen molar-refractivity contribution in [1.82, 2.24) is 5.01 Å². The number of hydrazone groups is 1. The molecular weight excluding hydrogens is 453 g/mol. The number of carbonyl (C=O) groups is 4. The Morgan fingerprint density at radius 3 is 2.06 bits per heavy atom. The summed E-state index contributed by atoms with van der Waals surface area (Å²) in [4.78, 5) is 49.2. The SMILES string of the molecule is CC.CCc1c(F)ccc(OC)c1Cl.CN=CC(C(=O)C(C)=O)/C(=N/N(C)C(C)=O)C(C)=O. The van der Waals surface area contributed by atoms with Gasteiger partial charge in [0, 0.05) is 46.6 Å². The molecule has 10 heteroatoms. The zero-order chi connectivity index (χ0) is 26.3. The van der Waals surface area contributed by atoms with E-state index in [2.05, 4.69) is 10.1 Å². The minimum atomic E-state index is -1.17. The molecule has 1 aromatic carbocycles. The molecule has 1 amide bonds. The number of hydrogen-bond donors (Lipinski definition) is 0. The van der Waals surface area contributed by atoms with Crippen molar-refractivity contribution in [3.8, 4) is 5.75 Å². The molecule has 1 aromatic rings. The van der Waals surface area contributed by atoms with Crippen molar-refractivity contribution in [2.24, 2.45) is 16.0 Å². The highest BCUT2D eigenvalue weighted by Crippen LogP contribution is 2.29. The molecule has 0 radical (unpaired) electrons. The molecule has 1 rings (SSSR count). The summed E-state index contributed by atoms with van der Waals surface area (Å²) in [7, 11) is 4.27. The molecular formula is C23H33ClFN3O5. The summed E-state index contributed by atoms with van der Waals surface area (Å²) in [6.07, 6.45) is 1.74. The first-order chi connectivity index (χ1) is 15.4. The Morgan fingerprint density at radius 1 is 1.15 bits per heavy atom. The van der Waals surface area contributed by atoms with Gasteiger partial charge in [0.15, 0.2) is 11.6 Å². The Kier molecular flexibility index (Phi) is 16.3. The fourth-order valence-corrected chi connectivity index (χ4v) is 2.64. The minimum Gasteiger partial charge on any atom is -0.495 e. The summed E-state index contributed by atoms with van der Waals surface area (Å²) in [5.74, 6) is -3.32. The van der Waals surface area contributed by atoms with E-state index in [1.54, 1.807) is 0 Å². The zero-order valence-electron chi connectivity index (χ0n) is 20.7. The molecule has 1 atom stereocenters. The van der Waals surface area contributed by atoms with E-state index in [-0.39, 0.29) is 11.5 Å². The second kappa shape index (κ2) is 16.7. The number of amides is 1. The van der Waals surface area contributed by atoms with Gasteiger partial charge in [-0.1, -0.05) is 32.4 Å². The largest absolute Gasteiger partial charge is 0.495 e. The minimum absolute atomic E-state index is 0.191. The molecule has 0 aliphatic heterocycles. The van der Waals surface area contributed by atoms with E-state index in [1.807, 2.05) is 20.8 Å². The smallest absolute Gasteiger partial charge is 0.239 e. The van der Waals surface area contributed by atoms with E-state index < -0.39 is 29.2 Å². The van der Waals surface area contributed by atoms with Gasteiger partial charge in [-0.15, -0.1) is 0 Å². The predicted molar refractivity (Wildman–Crippen MR) is 129 cm³/mol. The van der Waals surface area contributed by atoms with E-state index in [1.165, 1.54) is 47.2 Å². The van der Waals surface area contributed by atoms with Crippen LogP contribution < -0.4 is 4.74 Å². The first kappa shape index (κ1) is 32.2. The van der Waals surface area contributed by atoms with Crippen molar-refractivity contribution < 1.29 is 28.3 Å². The Morgan fingerprint density at radius 2 is 1.70 bits per heavy atom. The van der Waals surface area contributed by atoms with Crippen LogP contribution in [0.4, 0.5) is 4.39 Å². The first-order valence-electron chi connectivity index (χ1n) is 10.2. The van der Waals surface area contributed by atoms with E-state index in [4.69, 9.17) is 16.3 Å². The Bertz CT molecular complexity index is 900. The number of hydrogen-bond acceptors (Lipinski definition) is 7. The normalized spacial score (nSPS) is 11.4. The number of Topliss-reactive ketones (excluding diaryl/α,β-unsaturated/α-hetero) is 3. The van der Waals surface area contributed by atoms with Crippen molar-refractivity contribution in [2.75, 3.05) is 21.2 Å². The number of ketones is 3. The van der Waals surface area contributed by atoms with Crippen LogP contribution in [0.1, 0.15) is 47.1 Å². The highest BCUT2D eigenvalue weighted by atomic mass is 35.5. The number of methoxy groups -OCH3 is 1. The van der Waals surface area contributed by atoms with E-state index in [9.17, 15) is 23.6 Å². The predicted octanol–water partition coefficient (Wildman–Crippen LogP) is 3.96. The summed E-state index contributed by atoms with van der Waals surface area (Å²) >= 11 is 5.85. The van der Waals surface area contributed by atoms with Crippen LogP contribution in [-0.2, 0) is 25.6 Å². The molecule has 0 heterocycles. The highest BCUT2D eigenvalue weighted by molar-refractivity contribution is 6.54. The quantitative estimate of drug-likeness (QED) is 0.315. The van der Waals surface area contributed by atoms with Gasteiger partial charge in [-0.2, -0.15) is 5.10 Å². The van der Waals surface area contributed by atoms with Crippen LogP contribution in [0.25, 0.3) is 0 Å². The van der Waals surface area contributed by atoms with Crippen LogP contribution in [0.2, 0.25) is 5.02 Å². The van der Waals surface area contributed by atoms with Crippen molar-refractivity contribution in [3.63, 3.8) is 0 Å². The Labute approximate surface area is 199 Å². The van der Waals surface area contributed by atoms with Crippen molar-refractivity contribution in [3.05, 3.63) is 28.5 Å². The van der Waals surface area contributed by atoms with Crippen LogP contribution in [-0.4, -0.2) is 61.4 Å². The molecule has 0 bridgehead atoms. The van der Waals surface area contributed by atoms with Crippen LogP contribution in [0.3, 0.4) is 0 Å². The average Bonchev–Trinajstić information content (AvgIpc) is 2.77. The second-order valence-electron chi connectivity index (χ2n) is 6.29. The number of ether oxygens (including phenoxy) is 1. The lowest BCUT2D eigenvalue weighted by molar-refractivity contribution is -0.135. The third kappa shape index (κ3) is 10.5. The first-order valence-corrected chi connectivity index (χ1v) is 10.6. The molecule has 0 aliphatic rings. The lowest BCUT2D eigenvalue weighted by Crippen LogP contribution is -2.36. The zero-order valence-corrected chi connectivity index (χ0v) is 21.4.